The molecule has 1 atom stereocenters. The summed E-state index contributed by atoms with van der Waals surface area (Å²) < 4.78 is 1.59. The molecule has 0 aromatic carbocycles. The second kappa shape index (κ2) is 7.40. The van der Waals surface area contributed by atoms with Gasteiger partial charge >= 0.3 is 0 Å². The van der Waals surface area contributed by atoms with Gasteiger partial charge in [-0.1, -0.05) is 0 Å². The predicted octanol–water partition coefficient (Wildman–Crippen LogP) is 0.0998. The normalized spacial score (nSPS) is 17.3. The Bertz CT molecular complexity index is 494. The number of carbonyl (C=O) groups is 2. The van der Waals surface area contributed by atoms with Gasteiger partial charge in [0.15, 0.2) is 0 Å². The van der Waals surface area contributed by atoms with E-state index in [1.165, 1.54) is 4.90 Å². The first-order chi connectivity index (χ1) is 10.5. The minimum absolute atomic E-state index is 0.000938. The monoisotopic (exact) mass is 307 g/mol. The summed E-state index contributed by atoms with van der Waals surface area (Å²) in [4.78, 5) is 27.9. The van der Waals surface area contributed by atoms with Gasteiger partial charge in [0.05, 0.1) is 6.54 Å². The largest absolute Gasteiger partial charge is 0.341 e. The number of carbonyl (C=O) groups excluding carboxylic acids is 2. The SMILES string of the molecule is CC(C(=O)N(C)CC(=O)N1CCC(CN)CC1)n1cccn1. The summed E-state index contributed by atoms with van der Waals surface area (Å²) >= 11 is 0. The highest BCUT2D eigenvalue weighted by atomic mass is 16.2. The number of amides is 2. The van der Waals surface area contributed by atoms with Gasteiger partial charge in [-0.2, -0.15) is 5.10 Å². The molecule has 7 heteroatoms. The van der Waals surface area contributed by atoms with Gasteiger partial charge in [-0.25, -0.2) is 0 Å². The Labute approximate surface area is 131 Å². The van der Waals surface area contributed by atoms with E-state index in [0.29, 0.717) is 12.5 Å². The van der Waals surface area contributed by atoms with E-state index in [4.69, 9.17) is 5.73 Å². The summed E-state index contributed by atoms with van der Waals surface area (Å²) in [5.74, 6) is 0.399. The Morgan fingerprint density at radius 3 is 2.64 bits per heavy atom. The maximum absolute atomic E-state index is 12.3. The molecule has 122 valence electrons. The van der Waals surface area contributed by atoms with E-state index in [2.05, 4.69) is 5.10 Å². The number of likely N-dealkylation sites (N-methyl/N-ethyl adjacent to an activating group) is 1. The third kappa shape index (κ3) is 3.85. The molecule has 2 rings (SSSR count). The number of hydrogen-bond donors (Lipinski definition) is 1. The summed E-state index contributed by atoms with van der Waals surface area (Å²) in [5.41, 5.74) is 5.66. The minimum Gasteiger partial charge on any atom is -0.341 e. The Balaban J connectivity index is 1.84. The van der Waals surface area contributed by atoms with Crippen LogP contribution in [-0.4, -0.2) is 64.6 Å². The number of rotatable bonds is 5. The Morgan fingerprint density at radius 1 is 1.41 bits per heavy atom. The lowest BCUT2D eigenvalue weighted by molar-refractivity contribution is -0.141. The van der Waals surface area contributed by atoms with Crippen LogP contribution in [0, 0.1) is 5.92 Å². The first kappa shape index (κ1) is 16.5. The highest BCUT2D eigenvalue weighted by Crippen LogP contribution is 2.16. The quantitative estimate of drug-likeness (QED) is 0.836. The van der Waals surface area contributed by atoms with E-state index >= 15 is 0 Å². The molecule has 0 saturated carbocycles. The molecule has 2 amide bonds. The number of aromatic nitrogens is 2. The van der Waals surface area contributed by atoms with Crippen molar-refractivity contribution in [2.24, 2.45) is 11.7 Å². The zero-order valence-electron chi connectivity index (χ0n) is 13.3. The Hall–Kier alpha value is -1.89. The maximum atomic E-state index is 12.3. The van der Waals surface area contributed by atoms with E-state index in [9.17, 15) is 9.59 Å². The van der Waals surface area contributed by atoms with Crippen LogP contribution in [0.5, 0.6) is 0 Å². The predicted molar refractivity (Wildman–Crippen MR) is 82.9 cm³/mol. The lowest BCUT2D eigenvalue weighted by Gasteiger charge is -2.32. The van der Waals surface area contributed by atoms with Gasteiger partial charge in [0, 0.05) is 32.5 Å². The molecule has 22 heavy (non-hydrogen) atoms. The second-order valence-electron chi connectivity index (χ2n) is 5.92. The molecule has 1 aromatic rings. The zero-order valence-corrected chi connectivity index (χ0v) is 13.3. The van der Waals surface area contributed by atoms with E-state index in [1.54, 1.807) is 37.1 Å². The van der Waals surface area contributed by atoms with Crippen LogP contribution in [0.3, 0.4) is 0 Å². The fraction of sp³-hybridized carbons (Fsp3) is 0.667. The number of hydrogen-bond acceptors (Lipinski definition) is 4. The Morgan fingerprint density at radius 2 is 2.09 bits per heavy atom. The van der Waals surface area contributed by atoms with Crippen molar-refractivity contribution in [1.29, 1.82) is 0 Å². The van der Waals surface area contributed by atoms with Gasteiger partial charge in [-0.05, 0) is 38.3 Å². The van der Waals surface area contributed by atoms with Crippen molar-refractivity contribution < 1.29 is 9.59 Å². The van der Waals surface area contributed by atoms with Crippen molar-refractivity contribution in [3.05, 3.63) is 18.5 Å². The van der Waals surface area contributed by atoms with Crippen LogP contribution in [-0.2, 0) is 9.59 Å². The summed E-state index contributed by atoms with van der Waals surface area (Å²) in [6.45, 7) is 4.04. The molecule has 0 aliphatic carbocycles. The maximum Gasteiger partial charge on any atom is 0.247 e. The molecule has 1 aromatic heterocycles. The number of likely N-dealkylation sites (tertiary alicyclic amines) is 1. The van der Waals surface area contributed by atoms with E-state index in [-0.39, 0.29) is 18.4 Å². The first-order valence-corrected chi connectivity index (χ1v) is 7.75. The highest BCUT2D eigenvalue weighted by Gasteiger charge is 2.26. The highest BCUT2D eigenvalue weighted by molar-refractivity contribution is 5.86. The zero-order chi connectivity index (χ0) is 16.1. The van der Waals surface area contributed by atoms with Crippen molar-refractivity contribution >= 4 is 11.8 Å². The number of nitrogens with two attached hydrogens (primary N) is 1. The van der Waals surface area contributed by atoms with Crippen molar-refractivity contribution in [2.45, 2.75) is 25.8 Å². The van der Waals surface area contributed by atoms with E-state index in [0.717, 1.165) is 25.9 Å². The summed E-state index contributed by atoms with van der Waals surface area (Å²) in [5, 5.41) is 4.07. The third-order valence-corrected chi connectivity index (χ3v) is 4.33. The summed E-state index contributed by atoms with van der Waals surface area (Å²) in [6.07, 6.45) is 5.28. The summed E-state index contributed by atoms with van der Waals surface area (Å²) in [6, 6.07) is 1.37. The van der Waals surface area contributed by atoms with Crippen molar-refractivity contribution in [2.75, 3.05) is 33.2 Å². The van der Waals surface area contributed by atoms with Crippen LogP contribution in [0.15, 0.2) is 18.5 Å². The molecular weight excluding hydrogens is 282 g/mol. The van der Waals surface area contributed by atoms with Crippen LogP contribution in [0.4, 0.5) is 0 Å². The van der Waals surface area contributed by atoms with Gasteiger partial charge in [-0.15, -0.1) is 0 Å². The van der Waals surface area contributed by atoms with Crippen LogP contribution < -0.4 is 5.73 Å². The van der Waals surface area contributed by atoms with Gasteiger partial charge in [0.1, 0.15) is 6.04 Å². The lowest BCUT2D eigenvalue weighted by Crippen LogP contribution is -2.46. The first-order valence-electron chi connectivity index (χ1n) is 7.75. The smallest absolute Gasteiger partial charge is 0.247 e. The molecule has 2 heterocycles. The van der Waals surface area contributed by atoms with Gasteiger partial charge in [0.25, 0.3) is 0 Å². The second-order valence-corrected chi connectivity index (χ2v) is 5.92. The molecule has 2 N–H and O–H groups in total. The van der Waals surface area contributed by atoms with E-state index < -0.39 is 6.04 Å². The summed E-state index contributed by atoms with van der Waals surface area (Å²) in [7, 11) is 1.66. The molecule has 0 radical (unpaired) electrons. The molecular formula is C15H25N5O2. The molecule has 0 bridgehead atoms. The van der Waals surface area contributed by atoms with Gasteiger partial charge in [-0.3, -0.25) is 14.3 Å². The fourth-order valence-corrected chi connectivity index (χ4v) is 2.74. The minimum atomic E-state index is -0.407. The standard InChI is InChI=1S/C15H25N5O2/c1-12(20-7-3-6-17-20)15(22)18(2)11-14(21)19-8-4-13(10-16)5-9-19/h3,6-7,12-13H,4-5,8-11,16H2,1-2H3. The van der Waals surface area contributed by atoms with Gasteiger partial charge < -0.3 is 15.5 Å². The van der Waals surface area contributed by atoms with E-state index in [1.807, 2.05) is 4.90 Å². The van der Waals surface area contributed by atoms with Crippen molar-refractivity contribution in [3.63, 3.8) is 0 Å². The van der Waals surface area contributed by atoms with Crippen LogP contribution >= 0.6 is 0 Å². The molecule has 0 spiro atoms. The number of nitrogens with zero attached hydrogens (tertiary/aromatic N) is 4. The molecule has 1 fully saturated rings. The van der Waals surface area contributed by atoms with Crippen molar-refractivity contribution in [1.82, 2.24) is 19.6 Å². The van der Waals surface area contributed by atoms with Crippen LogP contribution in [0.1, 0.15) is 25.8 Å². The molecule has 1 saturated heterocycles. The average Bonchev–Trinajstić information content (AvgIpc) is 3.07. The third-order valence-electron chi connectivity index (χ3n) is 4.33. The molecule has 1 unspecified atom stereocenters. The fourth-order valence-electron chi connectivity index (χ4n) is 2.74. The van der Waals surface area contributed by atoms with Crippen LogP contribution in [0.2, 0.25) is 0 Å². The molecule has 1 aliphatic heterocycles. The molecule has 7 nitrogen and oxygen atoms in total. The lowest BCUT2D eigenvalue weighted by atomic mass is 9.97. The van der Waals surface area contributed by atoms with Gasteiger partial charge in [0.2, 0.25) is 11.8 Å². The topological polar surface area (TPSA) is 84.5 Å². The van der Waals surface area contributed by atoms with Crippen LogP contribution in [0.25, 0.3) is 0 Å². The average molecular weight is 307 g/mol. The molecule has 1 aliphatic rings. The Kier molecular flexibility index (Phi) is 5.54. The van der Waals surface area contributed by atoms with Crippen molar-refractivity contribution in [3.8, 4) is 0 Å². The number of piperidine rings is 1.